The number of hydrogen-bond donors (Lipinski definition) is 4. The van der Waals surface area contributed by atoms with Gasteiger partial charge in [0.15, 0.2) is 0 Å². The van der Waals surface area contributed by atoms with Crippen LogP contribution in [-0.4, -0.2) is 106 Å². The smallest absolute Gasteiger partial charge is 0.327 e. The van der Waals surface area contributed by atoms with Gasteiger partial charge in [-0.25, -0.2) is 19.7 Å². The number of nitrogens with one attached hydrogen (secondary N) is 3. The topological polar surface area (TPSA) is 159 Å². The second-order valence-corrected chi connectivity index (χ2v) is 19.8. The number of nitrogens with zero attached hydrogens (tertiary/aromatic N) is 7. The number of halogens is 2. The van der Waals surface area contributed by atoms with E-state index in [0.717, 1.165) is 46.2 Å². The van der Waals surface area contributed by atoms with E-state index in [1.807, 2.05) is 57.5 Å². The fraction of sp³-hybridized carbons (Fsp3) is 0.388. The number of rotatable bonds is 15. The van der Waals surface area contributed by atoms with Crippen LogP contribution in [0.3, 0.4) is 0 Å². The number of urea groups is 1. The van der Waals surface area contributed by atoms with Crippen molar-refractivity contribution in [3.63, 3.8) is 0 Å². The molecule has 0 saturated carbocycles. The first kappa shape index (κ1) is 48.4. The van der Waals surface area contributed by atoms with Gasteiger partial charge in [-0.05, 0) is 66.8 Å². The molecule has 4 N–H and O–H groups in total. The van der Waals surface area contributed by atoms with Crippen molar-refractivity contribution in [3.05, 3.63) is 118 Å². The fourth-order valence-electron chi connectivity index (χ4n) is 8.43. The van der Waals surface area contributed by atoms with Crippen molar-refractivity contribution < 1.29 is 19.5 Å². The summed E-state index contributed by atoms with van der Waals surface area (Å²) in [7, 11) is 1.59. The minimum atomic E-state index is -0.683. The lowest BCUT2D eigenvalue weighted by atomic mass is 9.76. The number of thiazole rings is 1. The van der Waals surface area contributed by atoms with Crippen LogP contribution in [0.4, 0.5) is 33.5 Å². The lowest BCUT2D eigenvalue weighted by molar-refractivity contribution is -0.142. The van der Waals surface area contributed by atoms with Gasteiger partial charge in [-0.15, -0.1) is 11.3 Å². The van der Waals surface area contributed by atoms with Crippen LogP contribution in [-0.2, 0) is 9.59 Å². The van der Waals surface area contributed by atoms with E-state index in [-0.39, 0.29) is 37.2 Å². The molecule has 4 atom stereocenters. The standard InChI is InChI=1S/C49H58Cl2N10O4S/c1-30(33-11-13-34(14-12-33)46-32(3)54-29-66-46)55-31(2)42-24-38(63)27-61(42)47(64)39(49(4,5)6)23-37(62)26-59-19-21-60(22-20-59)36-17-15-35(16-18-36)56-43-25-44(53-28-52-43)58(7)48(65)57-45-40(50)9-8-10-41(45)51/h8-18,25,28-30,38-39,42,55,63H,2,19-24,26-27H2,1,3-7H3,(H,57,65)(H,52,53,56)/t30-,38+,39+,42-/m0/s1. The molecule has 0 radical (unpaired) electrons. The summed E-state index contributed by atoms with van der Waals surface area (Å²) in [6, 6.07) is 22.1. The minimum Gasteiger partial charge on any atom is -0.391 e. The number of carbonyl (C=O) groups is 3. The molecule has 0 bridgehead atoms. The lowest BCUT2D eigenvalue weighted by Gasteiger charge is -2.37. The average Bonchev–Trinajstić information content (AvgIpc) is 3.91. The van der Waals surface area contributed by atoms with E-state index in [4.69, 9.17) is 23.2 Å². The summed E-state index contributed by atoms with van der Waals surface area (Å²) in [6.45, 7) is 17.8. The Labute approximate surface area is 401 Å². The Bertz CT molecular complexity index is 2500. The molecular formula is C49H58Cl2N10O4S. The Hall–Kier alpha value is -5.58. The lowest BCUT2D eigenvalue weighted by Crippen LogP contribution is -2.49. The molecule has 2 aliphatic rings. The molecule has 3 amide bonds. The SMILES string of the molecule is C=C(N[C@@H](C)c1ccc(-c2scnc2C)cc1)[C@@H]1C[C@@H](O)CN1C(=O)[C@@H](CC(=O)CN1CCN(c2ccc(Nc3cc(N(C)C(=O)Nc4c(Cl)cccc4Cl)ncn3)cc2)CC1)C(C)(C)C. The number of anilines is 5. The number of benzene rings is 3. The zero-order chi connectivity index (χ0) is 47.3. The number of aromatic nitrogens is 3. The van der Waals surface area contributed by atoms with E-state index in [9.17, 15) is 19.5 Å². The van der Waals surface area contributed by atoms with Gasteiger partial charge in [0.25, 0.3) is 0 Å². The molecular weight excluding hydrogens is 896 g/mol. The summed E-state index contributed by atoms with van der Waals surface area (Å²) >= 11 is 14.1. The van der Waals surface area contributed by atoms with Gasteiger partial charge >= 0.3 is 6.03 Å². The van der Waals surface area contributed by atoms with Crippen LogP contribution in [0.5, 0.6) is 0 Å². The number of ketones is 1. The maximum Gasteiger partial charge on any atom is 0.327 e. The first-order valence-electron chi connectivity index (χ1n) is 22.1. The predicted octanol–water partition coefficient (Wildman–Crippen LogP) is 9.20. The molecule has 4 heterocycles. The summed E-state index contributed by atoms with van der Waals surface area (Å²) in [5.41, 5.74) is 7.42. The van der Waals surface area contributed by atoms with Crippen LogP contribution >= 0.6 is 34.5 Å². The highest BCUT2D eigenvalue weighted by molar-refractivity contribution is 7.13. The monoisotopic (exact) mass is 952 g/mol. The van der Waals surface area contributed by atoms with Gasteiger partial charge in [0.2, 0.25) is 5.91 Å². The van der Waals surface area contributed by atoms with E-state index in [0.29, 0.717) is 52.6 Å². The van der Waals surface area contributed by atoms with Gasteiger partial charge in [-0.1, -0.05) is 80.9 Å². The summed E-state index contributed by atoms with van der Waals surface area (Å²) in [4.78, 5) is 62.8. The van der Waals surface area contributed by atoms with Gasteiger partial charge in [0.1, 0.15) is 23.7 Å². The quantitative estimate of drug-likeness (QED) is 0.0793. The first-order valence-corrected chi connectivity index (χ1v) is 23.7. The Morgan fingerprint density at radius 3 is 2.29 bits per heavy atom. The molecule has 2 aromatic heterocycles. The van der Waals surface area contributed by atoms with E-state index in [1.54, 1.807) is 47.5 Å². The van der Waals surface area contributed by atoms with Crippen LogP contribution in [0.1, 0.15) is 57.8 Å². The molecule has 3 aromatic carbocycles. The third-order valence-corrected chi connectivity index (χ3v) is 13.9. The van der Waals surface area contributed by atoms with E-state index < -0.39 is 29.5 Å². The number of Topliss-reactive ketones (excluding diaryl/α,β-unsaturated/α-hetero) is 1. The Kier molecular flexibility index (Phi) is 15.3. The largest absolute Gasteiger partial charge is 0.391 e. The van der Waals surface area contributed by atoms with Crippen LogP contribution < -0.4 is 25.8 Å². The van der Waals surface area contributed by atoms with Crippen molar-refractivity contribution in [1.82, 2.24) is 30.1 Å². The number of β-amino-alcohol motifs (C(OH)–C–C–N with tert-alkyl or cyclic N) is 1. The highest BCUT2D eigenvalue weighted by atomic mass is 35.5. The van der Waals surface area contributed by atoms with E-state index in [2.05, 4.69) is 78.5 Å². The zero-order valence-corrected chi connectivity index (χ0v) is 40.6. The number of likely N-dealkylation sites (tertiary alicyclic amines) is 1. The maximum absolute atomic E-state index is 14.4. The maximum atomic E-state index is 14.4. The number of para-hydroxylation sites is 1. The van der Waals surface area contributed by atoms with Crippen molar-refractivity contribution in [2.45, 2.75) is 65.6 Å². The summed E-state index contributed by atoms with van der Waals surface area (Å²) in [6.07, 6.45) is 1.20. The number of piperazine rings is 1. The summed E-state index contributed by atoms with van der Waals surface area (Å²) in [5, 5.41) is 21.0. The fourth-order valence-corrected chi connectivity index (χ4v) is 9.74. The van der Waals surface area contributed by atoms with Crippen LogP contribution in [0.15, 0.2) is 96.9 Å². The highest BCUT2D eigenvalue weighted by Crippen LogP contribution is 2.36. The van der Waals surface area contributed by atoms with E-state index in [1.165, 1.54) is 11.2 Å². The van der Waals surface area contributed by atoms with Gasteiger partial charge in [-0.3, -0.25) is 19.4 Å². The average molecular weight is 954 g/mol. The number of aliphatic hydroxyl groups is 1. The predicted molar refractivity (Wildman–Crippen MR) is 266 cm³/mol. The molecule has 2 aliphatic heterocycles. The molecule has 0 aliphatic carbocycles. The second kappa shape index (κ2) is 20.9. The van der Waals surface area contributed by atoms with Crippen LogP contribution in [0, 0.1) is 18.3 Å². The zero-order valence-electron chi connectivity index (χ0n) is 38.2. The van der Waals surface area contributed by atoms with Crippen molar-refractivity contribution in [2.24, 2.45) is 11.3 Å². The third-order valence-electron chi connectivity index (χ3n) is 12.3. The minimum absolute atomic E-state index is 0.0238. The molecule has 7 rings (SSSR count). The van der Waals surface area contributed by atoms with Crippen molar-refractivity contribution in [2.75, 3.05) is 66.7 Å². The van der Waals surface area contributed by atoms with Crippen molar-refractivity contribution in [3.8, 4) is 10.4 Å². The molecule has 5 aromatic rings. The number of amides is 3. The normalized spacial score (nSPS) is 17.5. The molecule has 14 nitrogen and oxygen atoms in total. The second-order valence-electron chi connectivity index (χ2n) is 18.1. The number of aliphatic hydroxyl groups excluding tert-OH is 1. The Morgan fingerprint density at radius 1 is 0.970 bits per heavy atom. The van der Waals surface area contributed by atoms with Gasteiger partial charge < -0.3 is 30.9 Å². The van der Waals surface area contributed by atoms with Gasteiger partial charge in [0, 0.05) is 87.7 Å². The van der Waals surface area contributed by atoms with E-state index >= 15 is 0 Å². The molecule has 0 unspecified atom stereocenters. The molecule has 0 spiro atoms. The molecule has 66 heavy (non-hydrogen) atoms. The number of hydrogen-bond acceptors (Lipinski definition) is 12. The van der Waals surface area contributed by atoms with Crippen molar-refractivity contribution in [1.29, 1.82) is 0 Å². The molecule has 348 valence electrons. The molecule has 2 saturated heterocycles. The molecule has 17 heteroatoms. The Morgan fingerprint density at radius 2 is 1.65 bits per heavy atom. The molecule has 2 fully saturated rings. The van der Waals surface area contributed by atoms with Crippen molar-refractivity contribution >= 4 is 81.0 Å². The highest BCUT2D eigenvalue weighted by Gasteiger charge is 2.43. The van der Waals surface area contributed by atoms with Gasteiger partial charge in [-0.2, -0.15) is 0 Å². The number of carbonyl (C=O) groups excluding carboxylic acids is 3. The van der Waals surface area contributed by atoms with Gasteiger partial charge in [0.05, 0.1) is 50.5 Å². The van der Waals surface area contributed by atoms with Crippen LogP contribution in [0.25, 0.3) is 10.4 Å². The van der Waals surface area contributed by atoms with Crippen LogP contribution in [0.2, 0.25) is 10.0 Å². The first-order chi connectivity index (χ1) is 31.4. The number of aryl methyl sites for hydroxylation is 1. The summed E-state index contributed by atoms with van der Waals surface area (Å²) in [5.74, 6) is 0.199. The third kappa shape index (κ3) is 11.7. The summed E-state index contributed by atoms with van der Waals surface area (Å²) < 4.78 is 0. The Balaban J connectivity index is 0.891.